The Morgan fingerprint density at radius 2 is 1.93 bits per heavy atom. The zero-order chi connectivity index (χ0) is 28.5. The Bertz CT molecular complexity index is 1490. The molecule has 1 fully saturated rings. The molecule has 4 N–H and O–H groups in total. The zero-order valence-electron chi connectivity index (χ0n) is 22.8. The number of nitrogens with one attached hydrogen (secondary N) is 3. The van der Waals surface area contributed by atoms with Gasteiger partial charge in [-0.2, -0.15) is 10.2 Å². The summed E-state index contributed by atoms with van der Waals surface area (Å²) < 4.78 is 20.4. The summed E-state index contributed by atoms with van der Waals surface area (Å²) in [6.07, 6.45) is 4.99. The van der Waals surface area contributed by atoms with Gasteiger partial charge in [0.2, 0.25) is 0 Å². The van der Waals surface area contributed by atoms with E-state index in [0.29, 0.717) is 29.0 Å². The maximum absolute atomic E-state index is 13.4. The molecule has 0 spiro atoms. The number of carbonyl (C=O) groups is 1. The first kappa shape index (κ1) is 27.3. The predicted octanol–water partition coefficient (Wildman–Crippen LogP) is 3.30. The molecule has 1 aliphatic carbocycles. The van der Waals surface area contributed by atoms with Crippen molar-refractivity contribution in [2.75, 3.05) is 12.4 Å². The Hall–Kier alpha value is -4.23. The lowest BCUT2D eigenvalue weighted by molar-refractivity contribution is -0.157. The molecule has 4 aromatic rings. The van der Waals surface area contributed by atoms with Crippen LogP contribution in [0, 0.1) is 19.7 Å². The number of hydrogen-bond donors (Lipinski definition) is 4. The number of ether oxygens (including phenoxy) is 1. The second-order valence-corrected chi connectivity index (χ2v) is 10.3. The van der Waals surface area contributed by atoms with Gasteiger partial charge in [-0.05, 0) is 58.1 Å². The number of aromatic nitrogens is 7. The number of carbonyl (C=O) groups excluding carboxylic acids is 1. The number of amides is 1. The van der Waals surface area contributed by atoms with E-state index >= 15 is 0 Å². The highest BCUT2D eigenvalue weighted by atomic mass is 19.1. The Kier molecular flexibility index (Phi) is 7.34. The fourth-order valence-corrected chi connectivity index (χ4v) is 4.90. The molecule has 5 rings (SSSR count). The van der Waals surface area contributed by atoms with Gasteiger partial charge >= 0.3 is 0 Å². The number of halogens is 1. The lowest BCUT2D eigenvalue weighted by Crippen LogP contribution is -2.53. The molecule has 0 aromatic carbocycles. The van der Waals surface area contributed by atoms with E-state index in [4.69, 9.17) is 4.74 Å². The summed E-state index contributed by atoms with van der Waals surface area (Å²) in [5, 5.41) is 28.7. The number of H-pyrrole nitrogens is 1. The first-order chi connectivity index (χ1) is 19.1. The van der Waals surface area contributed by atoms with Gasteiger partial charge in [-0.1, -0.05) is 6.07 Å². The number of pyridine rings is 1. The maximum Gasteiger partial charge on any atom is 0.252 e. The van der Waals surface area contributed by atoms with E-state index in [1.54, 1.807) is 24.4 Å². The third kappa shape index (κ3) is 5.56. The van der Waals surface area contributed by atoms with E-state index in [1.807, 2.05) is 26.8 Å². The minimum Gasteiger partial charge on any atom is -0.382 e. The van der Waals surface area contributed by atoms with Gasteiger partial charge in [0.25, 0.3) is 5.91 Å². The first-order valence-corrected chi connectivity index (χ1v) is 13.0. The number of aliphatic hydroxyl groups is 1. The minimum atomic E-state index is -1.32. The smallest absolute Gasteiger partial charge is 0.252 e. The number of nitrogens with zero attached hydrogens (tertiary/aromatic N) is 6. The van der Waals surface area contributed by atoms with Crippen molar-refractivity contribution in [1.82, 2.24) is 40.2 Å². The average Bonchev–Trinajstić information content (AvgIpc) is 3.56. The van der Waals surface area contributed by atoms with E-state index in [1.165, 1.54) is 18.0 Å². The molecule has 12 nitrogen and oxygen atoms in total. The number of anilines is 2. The van der Waals surface area contributed by atoms with Crippen LogP contribution in [0.15, 0.2) is 42.9 Å². The minimum absolute atomic E-state index is 0.240. The van der Waals surface area contributed by atoms with Crippen LogP contribution >= 0.6 is 0 Å². The molecule has 1 saturated carbocycles. The van der Waals surface area contributed by atoms with Gasteiger partial charge in [0.05, 0.1) is 18.4 Å². The van der Waals surface area contributed by atoms with E-state index in [0.717, 1.165) is 17.5 Å². The van der Waals surface area contributed by atoms with E-state index < -0.39 is 17.0 Å². The Labute approximate surface area is 230 Å². The van der Waals surface area contributed by atoms with Crippen molar-refractivity contribution < 1.29 is 19.0 Å². The first-order valence-electron chi connectivity index (χ1n) is 13.0. The molecule has 4 aromatic heterocycles. The van der Waals surface area contributed by atoms with Crippen LogP contribution in [0.2, 0.25) is 0 Å². The van der Waals surface area contributed by atoms with Gasteiger partial charge in [0.15, 0.2) is 23.3 Å². The normalized spacial score (nSPS) is 21.6. The highest BCUT2D eigenvalue weighted by Gasteiger charge is 2.49. The molecule has 1 aliphatic rings. The fraction of sp³-hybridized carbons (Fsp3) is 0.407. The monoisotopic (exact) mass is 549 g/mol. The van der Waals surface area contributed by atoms with Crippen LogP contribution in [0.1, 0.15) is 61.4 Å². The van der Waals surface area contributed by atoms with Crippen molar-refractivity contribution in [3.63, 3.8) is 0 Å². The Balaban J connectivity index is 1.25. The van der Waals surface area contributed by atoms with Gasteiger partial charge in [0.1, 0.15) is 17.0 Å². The summed E-state index contributed by atoms with van der Waals surface area (Å²) in [4.78, 5) is 26.8. The van der Waals surface area contributed by atoms with Crippen molar-refractivity contribution in [2.24, 2.45) is 0 Å². The molecule has 1 atom stereocenters. The molecule has 0 aliphatic heterocycles. The summed E-state index contributed by atoms with van der Waals surface area (Å²) in [7, 11) is 1.51. The maximum atomic E-state index is 13.4. The molecule has 0 radical (unpaired) electrons. The van der Waals surface area contributed by atoms with Crippen molar-refractivity contribution in [2.45, 2.75) is 63.7 Å². The molecule has 0 unspecified atom stereocenters. The third-order valence-electron chi connectivity index (χ3n) is 7.33. The van der Waals surface area contributed by atoms with Crippen LogP contribution < -0.4 is 10.6 Å². The molecular weight excluding hydrogens is 517 g/mol. The van der Waals surface area contributed by atoms with E-state index in [-0.39, 0.29) is 37.6 Å². The molecule has 40 heavy (non-hydrogen) atoms. The Morgan fingerprint density at radius 3 is 2.52 bits per heavy atom. The zero-order valence-corrected chi connectivity index (χ0v) is 22.8. The largest absolute Gasteiger partial charge is 0.382 e. The molecule has 0 bridgehead atoms. The van der Waals surface area contributed by atoms with Gasteiger partial charge in [-0.25, -0.2) is 24.0 Å². The third-order valence-corrected chi connectivity index (χ3v) is 7.33. The van der Waals surface area contributed by atoms with Crippen molar-refractivity contribution in [3.8, 4) is 5.82 Å². The van der Waals surface area contributed by atoms with Crippen LogP contribution in [-0.4, -0.2) is 58.7 Å². The molecule has 0 saturated heterocycles. The average molecular weight is 550 g/mol. The van der Waals surface area contributed by atoms with Crippen molar-refractivity contribution >= 4 is 17.5 Å². The van der Waals surface area contributed by atoms with Crippen molar-refractivity contribution in [1.29, 1.82) is 0 Å². The summed E-state index contributed by atoms with van der Waals surface area (Å²) in [5.41, 5.74) is -0.0621. The topological polar surface area (TPSA) is 156 Å². The summed E-state index contributed by atoms with van der Waals surface area (Å²) in [5.74, 6) is 1.16. The number of hydrogen-bond acceptors (Lipinski definition) is 9. The van der Waals surface area contributed by atoms with Crippen molar-refractivity contribution in [3.05, 3.63) is 71.4 Å². The van der Waals surface area contributed by atoms with Gasteiger partial charge in [-0.3, -0.25) is 9.89 Å². The van der Waals surface area contributed by atoms with Gasteiger partial charge in [-0.15, -0.1) is 0 Å². The SMILES string of the molecule is CO[C@]1(C(=O)N[C@@H](C)c2ccc(-n3cc(F)cn3)nc2)CC[C@](O)(c2nc(C)cc(Nc3cc(C)[nH]n3)n2)CC1. The summed E-state index contributed by atoms with van der Waals surface area (Å²) >= 11 is 0. The lowest BCUT2D eigenvalue weighted by atomic mass is 9.74. The number of aromatic amines is 1. The second-order valence-electron chi connectivity index (χ2n) is 10.3. The lowest BCUT2D eigenvalue weighted by Gasteiger charge is -2.41. The molecule has 210 valence electrons. The summed E-state index contributed by atoms with van der Waals surface area (Å²) in [6.45, 7) is 5.58. The molecule has 13 heteroatoms. The van der Waals surface area contributed by atoms with Crippen LogP contribution in [0.4, 0.5) is 16.0 Å². The number of aryl methyl sites for hydroxylation is 2. The number of rotatable bonds is 8. The fourth-order valence-electron chi connectivity index (χ4n) is 4.90. The van der Waals surface area contributed by atoms with E-state index in [2.05, 4.69) is 40.9 Å². The van der Waals surface area contributed by atoms with Crippen LogP contribution in [0.25, 0.3) is 5.82 Å². The number of methoxy groups -OCH3 is 1. The van der Waals surface area contributed by atoms with E-state index in [9.17, 15) is 14.3 Å². The Morgan fingerprint density at radius 1 is 1.15 bits per heavy atom. The van der Waals surface area contributed by atoms with Gasteiger partial charge < -0.3 is 20.5 Å². The van der Waals surface area contributed by atoms with Gasteiger partial charge in [0, 0.05) is 36.8 Å². The predicted molar refractivity (Wildman–Crippen MR) is 143 cm³/mol. The second kappa shape index (κ2) is 10.7. The molecular formula is C27H32FN9O3. The highest BCUT2D eigenvalue weighted by Crippen LogP contribution is 2.42. The molecule has 4 heterocycles. The summed E-state index contributed by atoms with van der Waals surface area (Å²) in [6, 6.07) is 6.77. The standard InChI is InChI=1S/C27H32FN9O3/c1-16-11-21(33-22-12-17(2)35-36-22)34-24(31-16)26(39)7-9-27(40-4,10-8-26)25(38)32-18(3)19-5-6-23(29-13-19)37-15-20(28)14-30-37/h5-6,11-15,18,39H,7-10H2,1-4H3,(H,32,38)(H2,31,33,34,35,36)/t18-,26-,27-/m0/s1. The highest BCUT2D eigenvalue weighted by molar-refractivity contribution is 5.85. The van der Waals surface area contributed by atoms with Crippen LogP contribution in [0.5, 0.6) is 0 Å². The quantitative estimate of drug-likeness (QED) is 0.259. The molecule has 1 amide bonds. The van der Waals surface area contributed by atoms with Crippen LogP contribution in [-0.2, 0) is 15.1 Å². The van der Waals surface area contributed by atoms with Crippen LogP contribution in [0.3, 0.4) is 0 Å².